The number of likely N-dealkylation sites (tertiary alicyclic amines) is 1. The van der Waals surface area contributed by atoms with Crippen molar-refractivity contribution in [2.24, 2.45) is 0 Å². The minimum absolute atomic E-state index is 0.285. The lowest BCUT2D eigenvalue weighted by atomic mass is 10.1. The van der Waals surface area contributed by atoms with Crippen LogP contribution in [0.4, 0.5) is 18.0 Å². The molecule has 3 rings (SSSR count). The molecule has 32 heavy (non-hydrogen) atoms. The largest absolute Gasteiger partial charge is 0.483 e. The van der Waals surface area contributed by atoms with E-state index in [1.165, 1.54) is 11.0 Å². The molecule has 1 heterocycles. The van der Waals surface area contributed by atoms with E-state index in [9.17, 15) is 18.0 Å². The van der Waals surface area contributed by atoms with Crippen LogP contribution in [0.1, 0.15) is 44.9 Å². The average Bonchev–Trinajstić information content (AvgIpc) is 2.64. The molecule has 0 bridgehead atoms. The Balaban J connectivity index is 1.67. The molecule has 1 atom stereocenters. The third kappa shape index (κ3) is 6.22. The lowest BCUT2D eigenvalue weighted by Gasteiger charge is -2.39. The van der Waals surface area contributed by atoms with Crippen LogP contribution in [0, 0.1) is 0 Å². The number of hydrogen-bond acceptors (Lipinski definition) is 4. The summed E-state index contributed by atoms with van der Waals surface area (Å²) >= 11 is 6.09. The zero-order valence-corrected chi connectivity index (χ0v) is 19.0. The Kier molecular flexibility index (Phi) is 6.83. The fourth-order valence-electron chi connectivity index (χ4n) is 3.07. The predicted octanol–water partition coefficient (Wildman–Crippen LogP) is 6.50. The SMILES string of the molecule is CC(Oc1ccc(Cl)cc1OC1CN(C(=O)OC(C)(C)C)C1)c1cccc(C(F)(F)F)c1. The molecule has 2 aromatic rings. The van der Waals surface area contributed by atoms with Gasteiger partial charge < -0.3 is 19.1 Å². The molecule has 1 aliphatic rings. The molecule has 0 aliphatic carbocycles. The highest BCUT2D eigenvalue weighted by Crippen LogP contribution is 2.36. The molecular weight excluding hydrogens is 447 g/mol. The highest BCUT2D eigenvalue weighted by atomic mass is 35.5. The van der Waals surface area contributed by atoms with E-state index in [2.05, 4.69) is 0 Å². The first-order valence-corrected chi connectivity index (χ1v) is 10.5. The minimum atomic E-state index is -4.44. The van der Waals surface area contributed by atoms with Crippen molar-refractivity contribution in [3.05, 3.63) is 58.6 Å². The maximum Gasteiger partial charge on any atom is 0.416 e. The van der Waals surface area contributed by atoms with E-state index >= 15 is 0 Å². The van der Waals surface area contributed by atoms with Gasteiger partial charge in [0.15, 0.2) is 11.5 Å². The highest BCUT2D eigenvalue weighted by Gasteiger charge is 2.36. The van der Waals surface area contributed by atoms with Gasteiger partial charge in [0.1, 0.15) is 17.8 Å². The van der Waals surface area contributed by atoms with Gasteiger partial charge in [-0.05, 0) is 57.5 Å². The standard InChI is InChI=1S/C23H25ClF3NO4/c1-14(15-6-5-7-16(10-15)23(25,26)27)30-19-9-8-17(24)11-20(19)31-18-12-28(13-18)21(29)32-22(2,3)4/h5-11,14,18H,12-13H2,1-4H3. The van der Waals surface area contributed by atoms with Crippen molar-refractivity contribution in [2.75, 3.05) is 13.1 Å². The predicted molar refractivity (Wildman–Crippen MR) is 114 cm³/mol. The smallest absolute Gasteiger partial charge is 0.416 e. The first kappa shape index (κ1) is 24.0. The van der Waals surface area contributed by atoms with Crippen molar-refractivity contribution in [3.8, 4) is 11.5 Å². The van der Waals surface area contributed by atoms with Crippen molar-refractivity contribution in [3.63, 3.8) is 0 Å². The normalized spacial score (nSPS) is 15.7. The summed E-state index contributed by atoms with van der Waals surface area (Å²) in [6.07, 6.45) is -5.81. The number of amides is 1. The highest BCUT2D eigenvalue weighted by molar-refractivity contribution is 6.30. The molecule has 174 valence electrons. The summed E-state index contributed by atoms with van der Waals surface area (Å²) in [6.45, 7) is 7.70. The summed E-state index contributed by atoms with van der Waals surface area (Å²) in [5.74, 6) is 0.695. The van der Waals surface area contributed by atoms with Crippen LogP contribution in [-0.2, 0) is 10.9 Å². The van der Waals surface area contributed by atoms with Gasteiger partial charge in [-0.3, -0.25) is 0 Å². The second-order valence-electron chi connectivity index (χ2n) is 8.60. The molecule has 1 saturated heterocycles. The van der Waals surface area contributed by atoms with E-state index in [4.69, 9.17) is 25.8 Å². The molecule has 1 fully saturated rings. The van der Waals surface area contributed by atoms with Gasteiger partial charge in [-0.2, -0.15) is 13.2 Å². The summed E-state index contributed by atoms with van der Waals surface area (Å²) in [5, 5.41) is 0.419. The van der Waals surface area contributed by atoms with Gasteiger partial charge in [-0.1, -0.05) is 23.7 Å². The first-order valence-electron chi connectivity index (χ1n) is 10.1. The maximum atomic E-state index is 13.0. The number of halogens is 4. The van der Waals surface area contributed by atoms with Gasteiger partial charge in [0.05, 0.1) is 18.7 Å². The maximum absolute atomic E-state index is 13.0. The van der Waals surface area contributed by atoms with Crippen LogP contribution < -0.4 is 9.47 Å². The van der Waals surface area contributed by atoms with Crippen LogP contribution in [0.5, 0.6) is 11.5 Å². The number of nitrogens with zero attached hydrogens (tertiary/aromatic N) is 1. The van der Waals surface area contributed by atoms with Gasteiger partial charge in [0.25, 0.3) is 0 Å². The third-order valence-corrected chi connectivity index (χ3v) is 4.92. The topological polar surface area (TPSA) is 48.0 Å². The molecule has 1 amide bonds. The molecule has 1 unspecified atom stereocenters. The lowest BCUT2D eigenvalue weighted by molar-refractivity contribution is -0.137. The van der Waals surface area contributed by atoms with Gasteiger partial charge in [-0.25, -0.2) is 4.79 Å². The van der Waals surface area contributed by atoms with E-state index in [0.717, 1.165) is 12.1 Å². The minimum Gasteiger partial charge on any atom is -0.483 e. The molecule has 5 nitrogen and oxygen atoms in total. The Morgan fingerprint density at radius 1 is 1.09 bits per heavy atom. The van der Waals surface area contributed by atoms with Crippen molar-refractivity contribution in [1.82, 2.24) is 4.90 Å². The Morgan fingerprint density at radius 2 is 1.78 bits per heavy atom. The molecule has 2 aromatic carbocycles. The van der Waals surface area contributed by atoms with Crippen molar-refractivity contribution in [2.45, 2.75) is 51.7 Å². The fourth-order valence-corrected chi connectivity index (χ4v) is 3.23. The Labute approximate surface area is 190 Å². The summed E-state index contributed by atoms with van der Waals surface area (Å²) in [7, 11) is 0. The quantitative estimate of drug-likeness (QED) is 0.499. The van der Waals surface area contributed by atoms with Crippen LogP contribution in [0.2, 0.25) is 5.02 Å². The molecule has 9 heteroatoms. The third-order valence-electron chi connectivity index (χ3n) is 4.69. The average molecular weight is 472 g/mol. The van der Waals surface area contributed by atoms with Crippen LogP contribution >= 0.6 is 11.6 Å². The van der Waals surface area contributed by atoms with E-state index in [1.54, 1.807) is 52.0 Å². The van der Waals surface area contributed by atoms with Crippen molar-refractivity contribution < 1.29 is 32.2 Å². The fraction of sp³-hybridized carbons (Fsp3) is 0.435. The number of hydrogen-bond donors (Lipinski definition) is 0. The number of alkyl halides is 3. The zero-order chi connectivity index (χ0) is 23.7. The second-order valence-corrected chi connectivity index (χ2v) is 9.04. The number of benzene rings is 2. The summed E-state index contributed by atoms with van der Waals surface area (Å²) in [4.78, 5) is 13.6. The summed E-state index contributed by atoms with van der Waals surface area (Å²) in [6, 6.07) is 9.78. The number of carbonyl (C=O) groups excluding carboxylic acids is 1. The van der Waals surface area contributed by atoms with E-state index in [-0.39, 0.29) is 6.10 Å². The molecule has 1 aliphatic heterocycles. The van der Waals surface area contributed by atoms with Gasteiger partial charge in [-0.15, -0.1) is 0 Å². The van der Waals surface area contributed by atoms with Crippen LogP contribution in [0.3, 0.4) is 0 Å². The number of carbonyl (C=O) groups is 1. The van der Waals surface area contributed by atoms with E-state index in [0.29, 0.717) is 35.2 Å². The zero-order valence-electron chi connectivity index (χ0n) is 18.2. The monoisotopic (exact) mass is 471 g/mol. The molecule has 0 spiro atoms. The molecular formula is C23H25ClF3NO4. The Bertz CT molecular complexity index is 968. The van der Waals surface area contributed by atoms with Crippen LogP contribution in [-0.4, -0.2) is 35.8 Å². The van der Waals surface area contributed by atoms with Gasteiger partial charge >= 0.3 is 12.3 Å². The van der Waals surface area contributed by atoms with E-state index in [1.807, 2.05) is 0 Å². The Hall–Kier alpha value is -2.61. The molecule has 0 aromatic heterocycles. The second kappa shape index (κ2) is 9.10. The molecule has 0 N–H and O–H groups in total. The van der Waals surface area contributed by atoms with Gasteiger partial charge in [0, 0.05) is 11.1 Å². The summed E-state index contributed by atoms with van der Waals surface area (Å²) < 4.78 is 56.2. The van der Waals surface area contributed by atoms with Crippen molar-refractivity contribution >= 4 is 17.7 Å². The lowest BCUT2D eigenvalue weighted by Crippen LogP contribution is -2.57. The first-order chi connectivity index (χ1) is 14.8. The molecule has 0 radical (unpaired) electrons. The van der Waals surface area contributed by atoms with Gasteiger partial charge in [0.2, 0.25) is 0 Å². The number of rotatable bonds is 5. The van der Waals surface area contributed by atoms with E-state index < -0.39 is 29.5 Å². The van der Waals surface area contributed by atoms with Crippen molar-refractivity contribution in [1.29, 1.82) is 0 Å². The van der Waals surface area contributed by atoms with Crippen LogP contribution in [0.25, 0.3) is 0 Å². The Morgan fingerprint density at radius 3 is 2.41 bits per heavy atom. The molecule has 0 saturated carbocycles. The van der Waals surface area contributed by atoms with Crippen LogP contribution in [0.15, 0.2) is 42.5 Å². The number of ether oxygens (including phenoxy) is 3. The summed E-state index contributed by atoms with van der Waals surface area (Å²) in [5.41, 5.74) is -0.952.